The van der Waals surface area contributed by atoms with Gasteiger partial charge in [0.2, 0.25) is 21.8 Å². The quantitative estimate of drug-likeness (QED) is 0.668. The second-order valence-electron chi connectivity index (χ2n) is 8.07. The summed E-state index contributed by atoms with van der Waals surface area (Å²) in [6, 6.07) is 4.41. The second-order valence-corrected chi connectivity index (χ2v) is 10.0. The van der Waals surface area contributed by atoms with Crippen LogP contribution in [0.15, 0.2) is 23.1 Å². The minimum absolute atomic E-state index is 0.0752. The van der Waals surface area contributed by atoms with Crippen LogP contribution in [-0.2, 0) is 24.4 Å². The summed E-state index contributed by atoms with van der Waals surface area (Å²) in [7, 11) is -3.68. The standard InChI is InChI=1S/C20H26N4O6S/c21-20(27)14-5-9-22(10-6-14)18(25)12-24-16-11-15(3-4-17(16)30-13-19(24)26)31(28,29)23-7-1-2-8-23/h3-4,11,14H,1-2,5-10,12-13H2,(H2,21,27). The highest BCUT2D eigenvalue weighted by Crippen LogP contribution is 2.35. The maximum atomic E-state index is 12.9. The van der Waals surface area contributed by atoms with Crippen molar-refractivity contribution >= 4 is 33.4 Å². The van der Waals surface area contributed by atoms with E-state index in [2.05, 4.69) is 0 Å². The zero-order valence-corrected chi connectivity index (χ0v) is 18.0. The molecular weight excluding hydrogens is 424 g/mol. The van der Waals surface area contributed by atoms with Crippen molar-refractivity contribution < 1.29 is 27.5 Å². The van der Waals surface area contributed by atoms with Crippen molar-refractivity contribution in [2.75, 3.05) is 44.2 Å². The molecule has 168 valence electrons. The predicted molar refractivity (Wildman–Crippen MR) is 111 cm³/mol. The summed E-state index contributed by atoms with van der Waals surface area (Å²) in [5, 5.41) is 0. The highest BCUT2D eigenvalue weighted by molar-refractivity contribution is 7.89. The SMILES string of the molecule is NC(=O)C1CCN(C(=O)CN2C(=O)COc3ccc(S(=O)(=O)N4CCCC4)cc32)CC1. The molecule has 0 unspecified atom stereocenters. The number of piperidine rings is 1. The normalized spacial score (nSPS) is 20.5. The topological polar surface area (TPSA) is 130 Å². The molecule has 0 spiro atoms. The Bertz CT molecular complexity index is 997. The van der Waals surface area contributed by atoms with Crippen molar-refractivity contribution in [2.45, 2.75) is 30.6 Å². The summed E-state index contributed by atoms with van der Waals surface area (Å²) < 4.78 is 32.7. The Kier molecular flexibility index (Phi) is 5.89. The van der Waals surface area contributed by atoms with Crippen molar-refractivity contribution in [2.24, 2.45) is 11.7 Å². The first-order valence-electron chi connectivity index (χ1n) is 10.4. The number of rotatable bonds is 5. The highest BCUT2D eigenvalue weighted by atomic mass is 32.2. The van der Waals surface area contributed by atoms with E-state index in [0.29, 0.717) is 44.8 Å². The molecule has 0 aliphatic carbocycles. The summed E-state index contributed by atoms with van der Waals surface area (Å²) in [6.07, 6.45) is 2.62. The van der Waals surface area contributed by atoms with Gasteiger partial charge < -0.3 is 15.4 Å². The number of carbonyl (C=O) groups excluding carboxylic acids is 3. The van der Waals surface area contributed by atoms with Crippen LogP contribution in [0.1, 0.15) is 25.7 Å². The summed E-state index contributed by atoms with van der Waals surface area (Å²) in [4.78, 5) is 39.7. The molecule has 0 radical (unpaired) electrons. The third-order valence-electron chi connectivity index (χ3n) is 6.12. The number of likely N-dealkylation sites (tertiary alicyclic amines) is 1. The molecule has 3 amide bonds. The van der Waals surface area contributed by atoms with Crippen molar-refractivity contribution in [3.8, 4) is 5.75 Å². The van der Waals surface area contributed by atoms with E-state index in [1.54, 1.807) is 4.90 Å². The number of benzene rings is 1. The number of primary amides is 1. The monoisotopic (exact) mass is 450 g/mol. The van der Waals surface area contributed by atoms with E-state index in [1.165, 1.54) is 27.4 Å². The van der Waals surface area contributed by atoms with Crippen LogP contribution in [-0.4, -0.2) is 74.7 Å². The number of nitrogens with zero attached hydrogens (tertiary/aromatic N) is 3. The number of ether oxygens (including phenoxy) is 1. The summed E-state index contributed by atoms with van der Waals surface area (Å²) in [6.45, 7) is 1.28. The van der Waals surface area contributed by atoms with Crippen LogP contribution in [0.25, 0.3) is 0 Å². The maximum Gasteiger partial charge on any atom is 0.265 e. The van der Waals surface area contributed by atoms with Gasteiger partial charge in [0.05, 0.1) is 10.6 Å². The van der Waals surface area contributed by atoms with Crippen molar-refractivity contribution in [3.63, 3.8) is 0 Å². The first-order valence-corrected chi connectivity index (χ1v) is 11.9. The molecule has 2 fully saturated rings. The summed E-state index contributed by atoms with van der Waals surface area (Å²) in [5.41, 5.74) is 5.62. The molecule has 2 saturated heterocycles. The number of hydrogen-bond donors (Lipinski definition) is 1. The minimum atomic E-state index is -3.68. The Balaban J connectivity index is 1.54. The number of anilines is 1. The molecule has 4 rings (SSSR count). The van der Waals surface area contributed by atoms with Crippen LogP contribution in [0.3, 0.4) is 0 Å². The van der Waals surface area contributed by atoms with E-state index in [-0.39, 0.29) is 41.5 Å². The van der Waals surface area contributed by atoms with Crippen LogP contribution in [0.5, 0.6) is 5.75 Å². The smallest absolute Gasteiger partial charge is 0.265 e. The van der Waals surface area contributed by atoms with Gasteiger partial charge in [-0.25, -0.2) is 8.42 Å². The first-order chi connectivity index (χ1) is 14.8. The predicted octanol–water partition coefficient (Wildman–Crippen LogP) is -0.0796. The second kappa shape index (κ2) is 8.46. The number of fused-ring (bicyclic) bond motifs is 1. The highest BCUT2D eigenvalue weighted by Gasteiger charge is 2.34. The van der Waals surface area contributed by atoms with E-state index in [4.69, 9.17) is 10.5 Å². The lowest BCUT2D eigenvalue weighted by Crippen LogP contribution is -2.49. The Morgan fingerprint density at radius 2 is 1.77 bits per heavy atom. The van der Waals surface area contributed by atoms with Crippen LogP contribution in [0, 0.1) is 5.92 Å². The number of carbonyl (C=O) groups is 3. The van der Waals surface area contributed by atoms with Crippen molar-refractivity contribution in [1.29, 1.82) is 0 Å². The van der Waals surface area contributed by atoms with E-state index in [9.17, 15) is 22.8 Å². The Morgan fingerprint density at radius 3 is 2.42 bits per heavy atom. The number of sulfonamides is 1. The van der Waals surface area contributed by atoms with Crippen LogP contribution >= 0.6 is 0 Å². The largest absolute Gasteiger partial charge is 0.482 e. The van der Waals surface area contributed by atoms with Crippen LogP contribution < -0.4 is 15.4 Å². The van der Waals surface area contributed by atoms with E-state index >= 15 is 0 Å². The minimum Gasteiger partial charge on any atom is -0.482 e. The first kappa shape index (κ1) is 21.6. The Labute approximate surface area is 181 Å². The third-order valence-corrected chi connectivity index (χ3v) is 8.01. The third kappa shape index (κ3) is 4.24. The Hall–Kier alpha value is -2.66. The van der Waals surface area contributed by atoms with Gasteiger partial charge in [-0.15, -0.1) is 0 Å². The zero-order valence-electron chi connectivity index (χ0n) is 17.2. The van der Waals surface area contributed by atoms with E-state index < -0.39 is 15.9 Å². The molecule has 3 aliphatic heterocycles. The lowest BCUT2D eigenvalue weighted by atomic mass is 9.96. The van der Waals surface area contributed by atoms with Crippen LogP contribution in [0.4, 0.5) is 5.69 Å². The lowest BCUT2D eigenvalue weighted by Gasteiger charge is -2.34. The maximum absolute atomic E-state index is 12.9. The molecule has 0 saturated carbocycles. The van der Waals surface area contributed by atoms with Crippen molar-refractivity contribution in [3.05, 3.63) is 18.2 Å². The average Bonchev–Trinajstić information content (AvgIpc) is 3.31. The van der Waals surface area contributed by atoms with Gasteiger partial charge in [0.15, 0.2) is 6.61 Å². The van der Waals surface area contributed by atoms with Gasteiger partial charge in [-0.05, 0) is 43.9 Å². The fraction of sp³-hybridized carbons (Fsp3) is 0.550. The Morgan fingerprint density at radius 1 is 1.10 bits per heavy atom. The molecule has 11 heteroatoms. The molecule has 31 heavy (non-hydrogen) atoms. The van der Waals surface area contributed by atoms with Crippen molar-refractivity contribution in [1.82, 2.24) is 9.21 Å². The number of amides is 3. The molecule has 2 N–H and O–H groups in total. The molecule has 1 aromatic carbocycles. The van der Waals surface area contributed by atoms with Gasteiger partial charge in [0, 0.05) is 32.1 Å². The van der Waals surface area contributed by atoms with Gasteiger partial charge >= 0.3 is 0 Å². The summed E-state index contributed by atoms with van der Waals surface area (Å²) >= 11 is 0. The lowest BCUT2D eigenvalue weighted by molar-refractivity contribution is -0.134. The van der Waals surface area contributed by atoms with Gasteiger partial charge in [0.1, 0.15) is 12.3 Å². The molecule has 0 bridgehead atoms. The molecule has 0 aromatic heterocycles. The molecule has 10 nitrogen and oxygen atoms in total. The zero-order chi connectivity index (χ0) is 22.2. The molecule has 3 heterocycles. The number of nitrogens with two attached hydrogens (primary N) is 1. The van der Waals surface area contributed by atoms with Gasteiger partial charge in [-0.2, -0.15) is 4.31 Å². The average molecular weight is 451 g/mol. The molecule has 0 atom stereocenters. The molecule has 3 aliphatic rings. The molecular formula is C20H26N4O6S. The van der Waals surface area contributed by atoms with Gasteiger partial charge in [0.25, 0.3) is 5.91 Å². The fourth-order valence-corrected chi connectivity index (χ4v) is 5.78. The van der Waals surface area contributed by atoms with E-state index in [1.807, 2.05) is 0 Å². The van der Waals surface area contributed by atoms with Gasteiger partial charge in [-0.1, -0.05) is 0 Å². The summed E-state index contributed by atoms with van der Waals surface area (Å²) in [5.74, 6) is -0.926. The van der Waals surface area contributed by atoms with E-state index in [0.717, 1.165) is 12.8 Å². The van der Waals surface area contributed by atoms with Crippen LogP contribution in [0.2, 0.25) is 0 Å². The fourth-order valence-electron chi connectivity index (χ4n) is 4.24. The molecule has 1 aromatic rings. The van der Waals surface area contributed by atoms with Gasteiger partial charge in [-0.3, -0.25) is 19.3 Å². The number of hydrogen-bond acceptors (Lipinski definition) is 6.